The third-order valence-corrected chi connectivity index (χ3v) is 3.02. The van der Waals surface area contributed by atoms with Crippen molar-refractivity contribution in [3.05, 3.63) is 29.8 Å². The molecule has 1 aromatic carbocycles. The molecular formula is C11H13NO3. The van der Waals surface area contributed by atoms with Crippen molar-refractivity contribution < 1.29 is 15.0 Å². The summed E-state index contributed by atoms with van der Waals surface area (Å²) in [6.07, 6.45) is 0.0277. The number of carboxylic acids is 1. The molecule has 1 aromatic rings. The van der Waals surface area contributed by atoms with Crippen LogP contribution in [0.3, 0.4) is 0 Å². The lowest BCUT2D eigenvalue weighted by atomic mass is 9.63. The Balaban J connectivity index is 2.39. The Morgan fingerprint density at radius 3 is 2.60 bits per heavy atom. The van der Waals surface area contributed by atoms with Crippen molar-refractivity contribution in [3.8, 4) is 0 Å². The predicted molar refractivity (Wildman–Crippen MR) is 55.4 cm³/mol. The van der Waals surface area contributed by atoms with E-state index in [0.29, 0.717) is 11.3 Å². The van der Waals surface area contributed by atoms with Crippen LogP contribution in [-0.2, 0) is 10.2 Å². The van der Waals surface area contributed by atoms with E-state index >= 15 is 0 Å². The molecule has 0 bridgehead atoms. The summed E-state index contributed by atoms with van der Waals surface area (Å²) in [6, 6.07) is 6.87. The smallest absolute Gasteiger partial charge is 0.314 e. The van der Waals surface area contributed by atoms with Crippen LogP contribution in [0.2, 0.25) is 0 Å². The Kier molecular flexibility index (Phi) is 2.16. The van der Waals surface area contributed by atoms with Gasteiger partial charge in [0.1, 0.15) is 0 Å². The average molecular weight is 207 g/mol. The van der Waals surface area contributed by atoms with Crippen LogP contribution in [0, 0.1) is 0 Å². The van der Waals surface area contributed by atoms with Gasteiger partial charge in [-0.3, -0.25) is 4.79 Å². The molecule has 4 N–H and O–H groups in total. The highest BCUT2D eigenvalue weighted by Crippen LogP contribution is 2.44. The zero-order chi connectivity index (χ0) is 11.1. The van der Waals surface area contributed by atoms with Crippen LogP contribution in [0.4, 0.5) is 5.69 Å². The molecule has 15 heavy (non-hydrogen) atoms. The molecule has 0 atom stereocenters. The van der Waals surface area contributed by atoms with Crippen molar-refractivity contribution in [1.29, 1.82) is 0 Å². The summed E-state index contributed by atoms with van der Waals surface area (Å²) < 4.78 is 0. The van der Waals surface area contributed by atoms with Gasteiger partial charge in [0.25, 0.3) is 0 Å². The topological polar surface area (TPSA) is 83.6 Å². The van der Waals surface area contributed by atoms with E-state index in [1.54, 1.807) is 24.3 Å². The minimum absolute atomic E-state index is 0.270. The van der Waals surface area contributed by atoms with Crippen molar-refractivity contribution in [2.45, 2.75) is 24.4 Å². The maximum atomic E-state index is 11.2. The van der Waals surface area contributed by atoms with Crippen LogP contribution in [0.25, 0.3) is 0 Å². The number of aliphatic hydroxyl groups excluding tert-OH is 1. The molecule has 0 unspecified atom stereocenters. The average Bonchev–Trinajstić information content (AvgIpc) is 2.12. The Morgan fingerprint density at radius 1 is 1.47 bits per heavy atom. The van der Waals surface area contributed by atoms with Gasteiger partial charge in [-0.15, -0.1) is 0 Å². The van der Waals surface area contributed by atoms with Crippen molar-refractivity contribution in [2.24, 2.45) is 0 Å². The lowest BCUT2D eigenvalue weighted by molar-refractivity contribution is -0.152. The molecule has 0 spiro atoms. The standard InChI is InChI=1S/C11H13NO3/c12-8-3-1-2-7(4-8)11(10(14)15)5-9(13)6-11/h1-4,9,13H,5-6,12H2,(H,14,15). The fraction of sp³-hybridized carbons (Fsp3) is 0.364. The fourth-order valence-electron chi connectivity index (χ4n) is 2.11. The van der Waals surface area contributed by atoms with Gasteiger partial charge in [-0.1, -0.05) is 12.1 Å². The molecule has 0 heterocycles. The van der Waals surface area contributed by atoms with E-state index in [9.17, 15) is 15.0 Å². The molecule has 1 fully saturated rings. The number of aliphatic hydroxyl groups is 1. The molecule has 1 aliphatic rings. The first-order valence-corrected chi connectivity index (χ1v) is 4.82. The summed E-state index contributed by atoms with van der Waals surface area (Å²) in [6.45, 7) is 0. The second-order valence-corrected chi connectivity index (χ2v) is 4.07. The van der Waals surface area contributed by atoms with E-state index in [4.69, 9.17) is 5.73 Å². The number of nitrogen functional groups attached to an aromatic ring is 1. The Hall–Kier alpha value is -1.55. The first-order chi connectivity index (χ1) is 7.04. The quantitative estimate of drug-likeness (QED) is 0.625. The third-order valence-electron chi connectivity index (χ3n) is 3.02. The summed E-state index contributed by atoms with van der Waals surface area (Å²) in [4.78, 5) is 11.2. The molecule has 80 valence electrons. The van der Waals surface area contributed by atoms with Gasteiger partial charge in [0, 0.05) is 5.69 Å². The largest absolute Gasteiger partial charge is 0.481 e. The van der Waals surface area contributed by atoms with Crippen LogP contribution in [0.15, 0.2) is 24.3 Å². The van der Waals surface area contributed by atoms with E-state index in [1.165, 1.54) is 0 Å². The van der Waals surface area contributed by atoms with E-state index in [1.807, 2.05) is 0 Å². The number of benzene rings is 1. The normalized spacial score (nSPS) is 29.5. The van der Waals surface area contributed by atoms with Gasteiger partial charge in [-0.25, -0.2) is 0 Å². The second kappa shape index (κ2) is 3.24. The second-order valence-electron chi connectivity index (χ2n) is 4.07. The minimum atomic E-state index is -0.936. The number of hydrogen-bond donors (Lipinski definition) is 3. The molecule has 4 heteroatoms. The monoisotopic (exact) mass is 207 g/mol. The van der Waals surface area contributed by atoms with Gasteiger partial charge >= 0.3 is 5.97 Å². The summed E-state index contributed by atoms with van der Waals surface area (Å²) >= 11 is 0. The molecule has 0 aromatic heterocycles. The number of hydrogen-bond acceptors (Lipinski definition) is 3. The maximum Gasteiger partial charge on any atom is 0.314 e. The SMILES string of the molecule is Nc1cccc(C2(C(=O)O)CC(O)C2)c1. The van der Waals surface area contributed by atoms with Gasteiger partial charge in [0.15, 0.2) is 0 Å². The van der Waals surface area contributed by atoms with Gasteiger partial charge in [0.2, 0.25) is 0 Å². The van der Waals surface area contributed by atoms with Crippen molar-refractivity contribution >= 4 is 11.7 Å². The zero-order valence-corrected chi connectivity index (χ0v) is 8.18. The Bertz CT molecular complexity index is 397. The summed E-state index contributed by atoms with van der Waals surface area (Å²) in [5.74, 6) is -0.890. The van der Waals surface area contributed by atoms with Crippen LogP contribution < -0.4 is 5.73 Å². The highest BCUT2D eigenvalue weighted by Gasteiger charge is 2.51. The first-order valence-electron chi connectivity index (χ1n) is 4.82. The molecule has 0 amide bonds. The van der Waals surface area contributed by atoms with E-state index in [-0.39, 0.29) is 12.8 Å². The number of anilines is 1. The molecule has 1 aliphatic carbocycles. The van der Waals surface area contributed by atoms with Crippen molar-refractivity contribution in [2.75, 3.05) is 5.73 Å². The van der Waals surface area contributed by atoms with E-state index in [2.05, 4.69) is 0 Å². The summed E-state index contributed by atoms with van der Waals surface area (Å²) in [7, 11) is 0. The van der Waals surface area contributed by atoms with Crippen molar-refractivity contribution in [3.63, 3.8) is 0 Å². The fourth-order valence-corrected chi connectivity index (χ4v) is 2.11. The lowest BCUT2D eigenvalue weighted by Crippen LogP contribution is -2.50. The summed E-state index contributed by atoms with van der Waals surface area (Å²) in [5.41, 5.74) is 5.91. The number of nitrogens with two attached hydrogens (primary N) is 1. The van der Waals surface area contributed by atoms with Gasteiger partial charge in [-0.2, -0.15) is 0 Å². The third kappa shape index (κ3) is 1.47. The number of aliphatic carboxylic acids is 1. The molecule has 0 saturated heterocycles. The predicted octanol–water partition coefficient (Wildman–Crippen LogP) is 0.746. The Morgan fingerprint density at radius 2 is 2.13 bits per heavy atom. The zero-order valence-electron chi connectivity index (χ0n) is 8.18. The molecule has 0 aliphatic heterocycles. The number of carboxylic acid groups (broad SMARTS) is 1. The van der Waals surface area contributed by atoms with Crippen LogP contribution in [0.1, 0.15) is 18.4 Å². The van der Waals surface area contributed by atoms with E-state index in [0.717, 1.165) is 0 Å². The number of carbonyl (C=O) groups is 1. The highest BCUT2D eigenvalue weighted by molar-refractivity contribution is 5.83. The molecule has 4 nitrogen and oxygen atoms in total. The molecule has 2 rings (SSSR count). The first kappa shape index (κ1) is 9.98. The van der Waals surface area contributed by atoms with Crippen molar-refractivity contribution in [1.82, 2.24) is 0 Å². The molecule has 1 saturated carbocycles. The van der Waals surface area contributed by atoms with Gasteiger partial charge in [-0.05, 0) is 30.5 Å². The van der Waals surface area contributed by atoms with Crippen LogP contribution >= 0.6 is 0 Å². The van der Waals surface area contributed by atoms with Gasteiger partial charge in [0.05, 0.1) is 11.5 Å². The molecule has 0 radical (unpaired) electrons. The van der Waals surface area contributed by atoms with Crippen LogP contribution in [-0.4, -0.2) is 22.3 Å². The van der Waals surface area contributed by atoms with Crippen LogP contribution in [0.5, 0.6) is 0 Å². The molecular weight excluding hydrogens is 194 g/mol. The van der Waals surface area contributed by atoms with Gasteiger partial charge < -0.3 is 15.9 Å². The highest BCUT2D eigenvalue weighted by atomic mass is 16.4. The Labute approximate surface area is 87.3 Å². The number of rotatable bonds is 2. The lowest BCUT2D eigenvalue weighted by Gasteiger charge is -2.42. The minimum Gasteiger partial charge on any atom is -0.481 e. The summed E-state index contributed by atoms with van der Waals surface area (Å²) in [5, 5.41) is 18.5. The maximum absolute atomic E-state index is 11.2. The van der Waals surface area contributed by atoms with E-state index < -0.39 is 17.5 Å².